The lowest BCUT2D eigenvalue weighted by atomic mass is 9.96. The van der Waals surface area contributed by atoms with Gasteiger partial charge in [-0.05, 0) is 56.5 Å². The molecule has 96 valence electrons. The summed E-state index contributed by atoms with van der Waals surface area (Å²) in [6.07, 6.45) is 5.61. The van der Waals surface area contributed by atoms with E-state index in [4.69, 9.17) is 4.42 Å². The lowest BCUT2D eigenvalue weighted by Gasteiger charge is -2.17. The van der Waals surface area contributed by atoms with E-state index in [1.165, 1.54) is 22.3 Å². The minimum absolute atomic E-state index is 0.447. The van der Waals surface area contributed by atoms with Gasteiger partial charge in [0.05, 0.1) is 12.5 Å². The predicted molar refractivity (Wildman–Crippen MR) is 74.9 cm³/mol. The zero-order valence-corrected chi connectivity index (χ0v) is 11.4. The van der Waals surface area contributed by atoms with E-state index >= 15 is 0 Å². The zero-order chi connectivity index (χ0) is 13.0. The van der Waals surface area contributed by atoms with Gasteiger partial charge < -0.3 is 9.73 Å². The smallest absolute Gasteiger partial charge is 0.0935 e. The number of benzene rings is 1. The number of hydrogen-bond donors (Lipinski definition) is 1. The van der Waals surface area contributed by atoms with Crippen molar-refractivity contribution in [2.24, 2.45) is 0 Å². The van der Waals surface area contributed by atoms with E-state index in [0.29, 0.717) is 6.04 Å². The Bertz CT molecular complexity index is 488. The SMILES string of the molecule is CNC(Cc1ccoc1)Cc1cc(C)ccc1C. The maximum atomic E-state index is 5.13. The largest absolute Gasteiger partial charge is 0.472 e. The third-order valence-electron chi connectivity index (χ3n) is 3.44. The van der Waals surface area contributed by atoms with Gasteiger partial charge in [-0.1, -0.05) is 23.8 Å². The second-order valence-corrected chi connectivity index (χ2v) is 4.96. The highest BCUT2D eigenvalue weighted by molar-refractivity contribution is 5.31. The maximum absolute atomic E-state index is 5.13. The molecule has 0 spiro atoms. The number of likely N-dealkylation sites (N-methyl/N-ethyl adjacent to an activating group) is 1. The van der Waals surface area contributed by atoms with Gasteiger partial charge >= 0.3 is 0 Å². The van der Waals surface area contributed by atoms with Crippen LogP contribution in [0.25, 0.3) is 0 Å². The number of hydrogen-bond acceptors (Lipinski definition) is 2. The third-order valence-corrected chi connectivity index (χ3v) is 3.44. The first-order valence-corrected chi connectivity index (χ1v) is 6.43. The summed E-state index contributed by atoms with van der Waals surface area (Å²) in [5.41, 5.74) is 5.37. The molecule has 2 aromatic rings. The lowest BCUT2D eigenvalue weighted by molar-refractivity contribution is 0.537. The molecule has 0 radical (unpaired) electrons. The summed E-state index contributed by atoms with van der Waals surface area (Å²) in [7, 11) is 2.02. The quantitative estimate of drug-likeness (QED) is 0.872. The second kappa shape index (κ2) is 5.87. The molecule has 0 saturated heterocycles. The van der Waals surface area contributed by atoms with Gasteiger partial charge in [0.15, 0.2) is 0 Å². The topological polar surface area (TPSA) is 25.2 Å². The van der Waals surface area contributed by atoms with Crippen molar-refractivity contribution >= 4 is 0 Å². The second-order valence-electron chi connectivity index (χ2n) is 4.96. The summed E-state index contributed by atoms with van der Waals surface area (Å²) in [5, 5.41) is 3.39. The van der Waals surface area contributed by atoms with Crippen LogP contribution in [0.2, 0.25) is 0 Å². The molecular formula is C16H21NO. The normalized spacial score (nSPS) is 12.6. The van der Waals surface area contributed by atoms with Crippen molar-refractivity contribution in [2.75, 3.05) is 7.05 Å². The van der Waals surface area contributed by atoms with Gasteiger partial charge in [0.25, 0.3) is 0 Å². The molecule has 0 amide bonds. The van der Waals surface area contributed by atoms with Crippen LogP contribution in [0.3, 0.4) is 0 Å². The van der Waals surface area contributed by atoms with Crippen molar-refractivity contribution in [3.05, 3.63) is 59.0 Å². The van der Waals surface area contributed by atoms with Crippen molar-refractivity contribution in [2.45, 2.75) is 32.7 Å². The fraction of sp³-hybridized carbons (Fsp3) is 0.375. The Morgan fingerprint density at radius 1 is 1.17 bits per heavy atom. The molecule has 1 unspecified atom stereocenters. The molecule has 2 rings (SSSR count). The Balaban J connectivity index is 2.07. The summed E-state index contributed by atoms with van der Waals surface area (Å²) in [4.78, 5) is 0. The predicted octanol–water partition coefficient (Wildman–Crippen LogP) is 3.27. The van der Waals surface area contributed by atoms with Gasteiger partial charge in [-0.25, -0.2) is 0 Å². The third kappa shape index (κ3) is 3.23. The molecular weight excluding hydrogens is 222 g/mol. The maximum Gasteiger partial charge on any atom is 0.0935 e. The molecule has 1 heterocycles. The molecule has 0 aliphatic rings. The average Bonchev–Trinajstić information content (AvgIpc) is 2.85. The van der Waals surface area contributed by atoms with Crippen LogP contribution in [-0.2, 0) is 12.8 Å². The fourth-order valence-electron chi connectivity index (χ4n) is 2.26. The molecule has 18 heavy (non-hydrogen) atoms. The highest BCUT2D eigenvalue weighted by atomic mass is 16.3. The summed E-state index contributed by atoms with van der Waals surface area (Å²) >= 11 is 0. The first kappa shape index (κ1) is 12.9. The van der Waals surface area contributed by atoms with Crippen LogP contribution in [0, 0.1) is 13.8 Å². The van der Waals surface area contributed by atoms with Crippen LogP contribution >= 0.6 is 0 Å². The summed E-state index contributed by atoms with van der Waals surface area (Å²) in [6.45, 7) is 4.33. The van der Waals surface area contributed by atoms with E-state index in [1.807, 2.05) is 19.4 Å². The number of aryl methyl sites for hydroxylation is 2. The van der Waals surface area contributed by atoms with Gasteiger partial charge in [0.2, 0.25) is 0 Å². The van der Waals surface area contributed by atoms with Crippen molar-refractivity contribution < 1.29 is 4.42 Å². The molecule has 0 bridgehead atoms. The Morgan fingerprint density at radius 2 is 2.00 bits per heavy atom. The minimum atomic E-state index is 0.447. The van der Waals surface area contributed by atoms with Crippen LogP contribution in [-0.4, -0.2) is 13.1 Å². The highest BCUT2D eigenvalue weighted by Crippen LogP contribution is 2.15. The monoisotopic (exact) mass is 243 g/mol. The Kier molecular flexibility index (Phi) is 4.21. The van der Waals surface area contributed by atoms with E-state index in [1.54, 1.807) is 6.26 Å². The Hall–Kier alpha value is -1.54. The minimum Gasteiger partial charge on any atom is -0.472 e. The molecule has 1 aromatic heterocycles. The first-order chi connectivity index (χ1) is 8.69. The van der Waals surface area contributed by atoms with Crippen molar-refractivity contribution in [1.29, 1.82) is 0 Å². The van der Waals surface area contributed by atoms with Crippen molar-refractivity contribution in [3.63, 3.8) is 0 Å². The fourth-order valence-corrected chi connectivity index (χ4v) is 2.26. The van der Waals surface area contributed by atoms with Crippen LogP contribution in [0.5, 0.6) is 0 Å². The van der Waals surface area contributed by atoms with E-state index in [9.17, 15) is 0 Å². The van der Waals surface area contributed by atoms with Gasteiger partial charge in [0.1, 0.15) is 0 Å². The standard InChI is InChI=1S/C16H21NO/c1-12-4-5-13(2)15(8-12)10-16(17-3)9-14-6-7-18-11-14/h4-8,11,16-17H,9-10H2,1-3H3. The number of furan rings is 1. The van der Waals surface area contributed by atoms with Crippen LogP contribution < -0.4 is 5.32 Å². The van der Waals surface area contributed by atoms with Crippen LogP contribution in [0.1, 0.15) is 22.3 Å². The molecule has 1 N–H and O–H groups in total. The number of rotatable bonds is 5. The van der Waals surface area contributed by atoms with E-state index in [-0.39, 0.29) is 0 Å². The molecule has 0 aliphatic carbocycles. The molecule has 1 atom stereocenters. The van der Waals surface area contributed by atoms with Gasteiger partial charge in [0, 0.05) is 6.04 Å². The van der Waals surface area contributed by atoms with Gasteiger partial charge in [-0.2, -0.15) is 0 Å². The number of nitrogens with one attached hydrogen (secondary N) is 1. The van der Waals surface area contributed by atoms with Crippen LogP contribution in [0.4, 0.5) is 0 Å². The Morgan fingerprint density at radius 3 is 2.67 bits per heavy atom. The molecule has 0 fully saturated rings. The van der Waals surface area contributed by atoms with Crippen LogP contribution in [0.15, 0.2) is 41.2 Å². The van der Waals surface area contributed by atoms with E-state index in [0.717, 1.165) is 12.8 Å². The van der Waals surface area contributed by atoms with Crippen molar-refractivity contribution in [3.8, 4) is 0 Å². The van der Waals surface area contributed by atoms with E-state index < -0.39 is 0 Å². The molecule has 2 heteroatoms. The molecule has 0 aliphatic heterocycles. The summed E-state index contributed by atoms with van der Waals surface area (Å²) in [5.74, 6) is 0. The zero-order valence-electron chi connectivity index (χ0n) is 11.4. The molecule has 1 aromatic carbocycles. The molecule has 0 saturated carbocycles. The Labute approximate surface area is 109 Å². The molecule has 2 nitrogen and oxygen atoms in total. The summed E-state index contributed by atoms with van der Waals surface area (Å²) < 4.78 is 5.13. The first-order valence-electron chi connectivity index (χ1n) is 6.43. The average molecular weight is 243 g/mol. The van der Waals surface area contributed by atoms with Crippen molar-refractivity contribution in [1.82, 2.24) is 5.32 Å². The summed E-state index contributed by atoms with van der Waals surface area (Å²) in [6, 6.07) is 9.14. The van der Waals surface area contributed by atoms with E-state index in [2.05, 4.69) is 37.4 Å². The van der Waals surface area contributed by atoms with Gasteiger partial charge in [-0.15, -0.1) is 0 Å². The highest BCUT2D eigenvalue weighted by Gasteiger charge is 2.10. The lowest BCUT2D eigenvalue weighted by Crippen LogP contribution is -2.30. The van der Waals surface area contributed by atoms with Gasteiger partial charge in [-0.3, -0.25) is 0 Å².